The van der Waals surface area contributed by atoms with E-state index in [1.54, 1.807) is 0 Å². The average Bonchev–Trinajstić information content (AvgIpc) is 2.44. The number of hydrogen-bond acceptors (Lipinski definition) is 3. The Morgan fingerprint density at radius 2 is 2.14 bits per heavy atom. The fourth-order valence-electron chi connectivity index (χ4n) is 2.21. The number of nitrogens with one attached hydrogen (secondary N) is 2. The maximum absolute atomic E-state index is 12.0. The summed E-state index contributed by atoms with van der Waals surface area (Å²) in [7, 11) is 0. The Morgan fingerprint density at radius 3 is 2.90 bits per heavy atom. The first-order valence-corrected chi connectivity index (χ1v) is 8.27. The van der Waals surface area contributed by atoms with E-state index in [1.807, 2.05) is 24.3 Å². The molecule has 0 radical (unpaired) electrons. The molecule has 0 spiro atoms. The number of benzene rings is 1. The molecule has 114 valence electrons. The van der Waals surface area contributed by atoms with Crippen LogP contribution in [0.3, 0.4) is 0 Å². The molecule has 0 fully saturated rings. The highest BCUT2D eigenvalue weighted by Crippen LogP contribution is 2.36. The van der Waals surface area contributed by atoms with Gasteiger partial charge in [-0.2, -0.15) is 0 Å². The van der Waals surface area contributed by atoms with Crippen molar-refractivity contribution in [1.82, 2.24) is 5.32 Å². The van der Waals surface area contributed by atoms with Gasteiger partial charge in [0.1, 0.15) is 0 Å². The standard InChI is InChI=1S/C16H22N2O2S/c1-11(2)6-5-9-17-15(19)10-14-16(20)18-12-7-3-4-8-13(12)21-14/h3-4,7-8,11,14H,5-6,9-10H2,1-2H3,(H,17,19)(H,18,20). The molecule has 4 nitrogen and oxygen atoms in total. The fraction of sp³-hybridized carbons (Fsp3) is 0.500. The first-order chi connectivity index (χ1) is 10.1. The first-order valence-electron chi connectivity index (χ1n) is 7.39. The van der Waals surface area contributed by atoms with Crippen molar-refractivity contribution < 1.29 is 9.59 Å². The normalized spacial score (nSPS) is 17.3. The molecular weight excluding hydrogens is 284 g/mol. The minimum atomic E-state index is -0.343. The smallest absolute Gasteiger partial charge is 0.238 e. The highest BCUT2D eigenvalue weighted by molar-refractivity contribution is 8.01. The Balaban J connectivity index is 1.80. The second-order valence-corrected chi connectivity index (χ2v) is 6.93. The molecule has 0 aliphatic carbocycles. The summed E-state index contributed by atoms with van der Waals surface area (Å²) in [4.78, 5) is 24.9. The molecule has 1 aliphatic rings. The third kappa shape index (κ3) is 4.77. The molecule has 1 heterocycles. The molecule has 5 heteroatoms. The van der Waals surface area contributed by atoms with E-state index in [9.17, 15) is 9.59 Å². The van der Waals surface area contributed by atoms with Gasteiger partial charge >= 0.3 is 0 Å². The minimum Gasteiger partial charge on any atom is -0.356 e. The van der Waals surface area contributed by atoms with E-state index < -0.39 is 0 Å². The van der Waals surface area contributed by atoms with E-state index in [2.05, 4.69) is 24.5 Å². The van der Waals surface area contributed by atoms with Crippen LogP contribution in [0.25, 0.3) is 0 Å². The van der Waals surface area contributed by atoms with Crippen LogP contribution in [0.2, 0.25) is 0 Å². The van der Waals surface area contributed by atoms with Crippen molar-refractivity contribution >= 4 is 29.3 Å². The Morgan fingerprint density at radius 1 is 1.38 bits per heavy atom. The lowest BCUT2D eigenvalue weighted by molar-refractivity contribution is -0.124. The average molecular weight is 306 g/mol. The third-order valence-corrected chi connectivity index (χ3v) is 4.63. The summed E-state index contributed by atoms with van der Waals surface area (Å²) in [5.74, 6) is 0.514. The highest BCUT2D eigenvalue weighted by Gasteiger charge is 2.28. The number of hydrogen-bond donors (Lipinski definition) is 2. The van der Waals surface area contributed by atoms with Crippen LogP contribution < -0.4 is 10.6 Å². The van der Waals surface area contributed by atoms with E-state index in [-0.39, 0.29) is 23.5 Å². The molecular formula is C16H22N2O2S. The topological polar surface area (TPSA) is 58.2 Å². The van der Waals surface area contributed by atoms with Gasteiger partial charge < -0.3 is 10.6 Å². The van der Waals surface area contributed by atoms with Gasteiger partial charge in [-0.05, 0) is 30.9 Å². The number of amides is 2. The molecule has 2 rings (SSSR count). The van der Waals surface area contributed by atoms with Crippen LogP contribution in [-0.2, 0) is 9.59 Å². The van der Waals surface area contributed by atoms with Gasteiger partial charge in [0.25, 0.3) is 0 Å². The number of carbonyl (C=O) groups excluding carboxylic acids is 2. The SMILES string of the molecule is CC(C)CCCNC(=O)CC1Sc2ccccc2NC1=O. The van der Waals surface area contributed by atoms with Gasteiger partial charge in [0.2, 0.25) is 11.8 Å². The Bertz CT molecular complexity index is 517. The predicted molar refractivity (Wildman–Crippen MR) is 86.4 cm³/mol. The van der Waals surface area contributed by atoms with Gasteiger partial charge in [0.05, 0.1) is 10.9 Å². The lowest BCUT2D eigenvalue weighted by Crippen LogP contribution is -2.35. The second kappa shape index (κ2) is 7.50. The van der Waals surface area contributed by atoms with E-state index in [4.69, 9.17) is 0 Å². The van der Waals surface area contributed by atoms with Gasteiger partial charge in [-0.15, -0.1) is 11.8 Å². The number of fused-ring (bicyclic) bond motifs is 1. The quantitative estimate of drug-likeness (QED) is 0.794. The van der Waals surface area contributed by atoms with E-state index >= 15 is 0 Å². The van der Waals surface area contributed by atoms with Crippen LogP contribution in [-0.4, -0.2) is 23.6 Å². The predicted octanol–water partition coefficient (Wildman–Crippen LogP) is 3.04. The van der Waals surface area contributed by atoms with Crippen LogP contribution >= 0.6 is 11.8 Å². The summed E-state index contributed by atoms with van der Waals surface area (Å²) in [6.45, 7) is 5.02. The molecule has 1 aliphatic heterocycles. The molecule has 0 bridgehead atoms. The molecule has 1 aromatic rings. The van der Waals surface area contributed by atoms with E-state index in [0.717, 1.165) is 23.4 Å². The Labute approximate surface area is 130 Å². The molecule has 0 aromatic heterocycles. The highest BCUT2D eigenvalue weighted by atomic mass is 32.2. The van der Waals surface area contributed by atoms with E-state index in [0.29, 0.717) is 12.5 Å². The minimum absolute atomic E-state index is 0.0502. The monoisotopic (exact) mass is 306 g/mol. The maximum Gasteiger partial charge on any atom is 0.238 e. The molecule has 1 aromatic carbocycles. The van der Waals surface area contributed by atoms with Crippen LogP contribution in [0.15, 0.2) is 29.2 Å². The van der Waals surface area contributed by atoms with Crippen LogP contribution in [0, 0.1) is 5.92 Å². The Hall–Kier alpha value is -1.49. The van der Waals surface area contributed by atoms with Gasteiger partial charge in [-0.25, -0.2) is 0 Å². The fourth-order valence-corrected chi connectivity index (χ4v) is 3.32. The molecule has 1 atom stereocenters. The van der Waals surface area contributed by atoms with Crippen LogP contribution in [0.1, 0.15) is 33.1 Å². The maximum atomic E-state index is 12.0. The first kappa shape index (κ1) is 15.9. The summed E-state index contributed by atoms with van der Waals surface area (Å²) in [6, 6.07) is 7.67. The van der Waals surface area contributed by atoms with Crippen LogP contribution in [0.5, 0.6) is 0 Å². The summed E-state index contributed by atoms with van der Waals surface area (Å²) >= 11 is 1.46. The largest absolute Gasteiger partial charge is 0.356 e. The van der Waals surface area contributed by atoms with Crippen molar-refractivity contribution in [3.05, 3.63) is 24.3 Å². The number of anilines is 1. The summed E-state index contributed by atoms with van der Waals surface area (Å²) < 4.78 is 0. The molecule has 2 amide bonds. The van der Waals surface area contributed by atoms with Crippen molar-refractivity contribution in [3.63, 3.8) is 0 Å². The number of para-hydroxylation sites is 1. The van der Waals surface area contributed by atoms with Gasteiger partial charge in [-0.3, -0.25) is 9.59 Å². The molecule has 0 saturated carbocycles. The van der Waals surface area contributed by atoms with Crippen molar-refractivity contribution in [2.24, 2.45) is 5.92 Å². The van der Waals surface area contributed by atoms with Gasteiger partial charge in [-0.1, -0.05) is 26.0 Å². The molecule has 1 unspecified atom stereocenters. The summed E-state index contributed by atoms with van der Waals surface area (Å²) in [5.41, 5.74) is 0.834. The van der Waals surface area contributed by atoms with Crippen molar-refractivity contribution in [1.29, 1.82) is 0 Å². The van der Waals surface area contributed by atoms with Gasteiger partial charge in [0.15, 0.2) is 0 Å². The zero-order chi connectivity index (χ0) is 15.2. The van der Waals surface area contributed by atoms with Crippen molar-refractivity contribution in [3.8, 4) is 0 Å². The summed E-state index contributed by atoms with van der Waals surface area (Å²) in [6.07, 6.45) is 2.31. The third-order valence-electron chi connectivity index (χ3n) is 3.36. The Kier molecular flexibility index (Phi) is 5.67. The zero-order valence-corrected chi connectivity index (χ0v) is 13.3. The second-order valence-electron chi connectivity index (χ2n) is 5.68. The molecule has 2 N–H and O–H groups in total. The number of thioether (sulfide) groups is 1. The number of carbonyl (C=O) groups is 2. The zero-order valence-electron chi connectivity index (χ0n) is 12.5. The van der Waals surface area contributed by atoms with Crippen molar-refractivity contribution in [2.45, 2.75) is 43.3 Å². The van der Waals surface area contributed by atoms with Gasteiger partial charge in [0, 0.05) is 17.9 Å². The molecule has 21 heavy (non-hydrogen) atoms. The molecule has 0 saturated heterocycles. The van der Waals surface area contributed by atoms with Crippen LogP contribution in [0.4, 0.5) is 5.69 Å². The lowest BCUT2D eigenvalue weighted by Gasteiger charge is -2.23. The number of rotatable bonds is 6. The van der Waals surface area contributed by atoms with Crippen molar-refractivity contribution in [2.75, 3.05) is 11.9 Å². The van der Waals surface area contributed by atoms with E-state index in [1.165, 1.54) is 11.8 Å². The summed E-state index contributed by atoms with van der Waals surface area (Å²) in [5, 5.41) is 5.41. The lowest BCUT2D eigenvalue weighted by atomic mass is 10.1.